The standard InChI is InChI=1S/C21H24F3N3O4S/c1-31-19-7-5-16(6-8-19)20(28)25-9-14-32(29,30)27-12-10-26(11-13-27)18-4-2-3-17(15-18)21(22,23)24/h2-8,15H,9-14H2,1H3,(H,25,28). The summed E-state index contributed by atoms with van der Waals surface area (Å²) in [6.45, 7) is 0.814. The number of carbonyl (C=O) groups excluding carboxylic acids is 1. The number of piperazine rings is 1. The molecule has 0 unspecified atom stereocenters. The molecule has 0 atom stereocenters. The van der Waals surface area contributed by atoms with Gasteiger partial charge in [0.15, 0.2) is 0 Å². The van der Waals surface area contributed by atoms with E-state index < -0.39 is 27.7 Å². The Morgan fingerprint density at radius 1 is 1.06 bits per heavy atom. The van der Waals surface area contributed by atoms with E-state index in [0.29, 0.717) is 17.0 Å². The summed E-state index contributed by atoms with van der Waals surface area (Å²) < 4.78 is 70.3. The van der Waals surface area contributed by atoms with Gasteiger partial charge in [0.25, 0.3) is 5.91 Å². The molecule has 0 aromatic heterocycles. The van der Waals surface area contributed by atoms with E-state index in [-0.39, 0.29) is 38.5 Å². The average Bonchev–Trinajstić information content (AvgIpc) is 2.78. The first kappa shape index (κ1) is 23.9. The topological polar surface area (TPSA) is 78.9 Å². The largest absolute Gasteiger partial charge is 0.497 e. The van der Waals surface area contributed by atoms with Crippen molar-refractivity contribution >= 4 is 21.6 Å². The molecule has 32 heavy (non-hydrogen) atoms. The highest BCUT2D eigenvalue weighted by Gasteiger charge is 2.32. The van der Waals surface area contributed by atoms with E-state index in [4.69, 9.17) is 4.74 Å². The van der Waals surface area contributed by atoms with Crippen molar-refractivity contribution in [3.05, 3.63) is 59.7 Å². The van der Waals surface area contributed by atoms with Gasteiger partial charge >= 0.3 is 6.18 Å². The predicted molar refractivity (Wildman–Crippen MR) is 114 cm³/mol. The number of hydrogen-bond acceptors (Lipinski definition) is 5. The van der Waals surface area contributed by atoms with Crippen LogP contribution >= 0.6 is 0 Å². The van der Waals surface area contributed by atoms with Crippen LogP contribution in [0.1, 0.15) is 15.9 Å². The van der Waals surface area contributed by atoms with Crippen molar-refractivity contribution in [3.8, 4) is 5.75 Å². The van der Waals surface area contributed by atoms with Gasteiger partial charge in [-0.05, 0) is 42.5 Å². The molecule has 7 nitrogen and oxygen atoms in total. The van der Waals surface area contributed by atoms with Gasteiger partial charge in [-0.1, -0.05) is 6.07 Å². The Kier molecular flexibility index (Phi) is 7.29. The van der Waals surface area contributed by atoms with Crippen LogP contribution in [0.5, 0.6) is 5.75 Å². The lowest BCUT2D eigenvalue weighted by Gasteiger charge is -2.35. The van der Waals surface area contributed by atoms with Crippen molar-refractivity contribution < 1.29 is 31.1 Å². The number of alkyl halides is 3. The zero-order valence-corrected chi connectivity index (χ0v) is 18.2. The summed E-state index contributed by atoms with van der Waals surface area (Å²) in [6, 6.07) is 11.4. The van der Waals surface area contributed by atoms with E-state index in [0.717, 1.165) is 12.1 Å². The van der Waals surface area contributed by atoms with E-state index >= 15 is 0 Å². The molecule has 1 fully saturated rings. The van der Waals surface area contributed by atoms with Crippen molar-refractivity contribution in [1.29, 1.82) is 0 Å². The molecule has 1 heterocycles. The summed E-state index contributed by atoms with van der Waals surface area (Å²) in [5, 5.41) is 2.58. The second-order valence-corrected chi connectivity index (χ2v) is 9.32. The molecule has 2 aromatic carbocycles. The van der Waals surface area contributed by atoms with Gasteiger partial charge in [0.1, 0.15) is 5.75 Å². The number of anilines is 1. The van der Waals surface area contributed by atoms with Gasteiger partial charge in [-0.25, -0.2) is 8.42 Å². The van der Waals surface area contributed by atoms with Gasteiger partial charge in [0.05, 0.1) is 18.4 Å². The van der Waals surface area contributed by atoms with Crippen LogP contribution in [-0.4, -0.2) is 64.2 Å². The minimum atomic E-state index is -4.43. The van der Waals surface area contributed by atoms with Crippen molar-refractivity contribution in [3.63, 3.8) is 0 Å². The Labute approximate surface area is 184 Å². The van der Waals surface area contributed by atoms with Gasteiger partial charge in [0.2, 0.25) is 10.0 Å². The molecule has 1 aliphatic heterocycles. The van der Waals surface area contributed by atoms with Crippen LogP contribution in [-0.2, 0) is 16.2 Å². The Morgan fingerprint density at radius 2 is 1.72 bits per heavy atom. The minimum absolute atomic E-state index is 0.0545. The number of methoxy groups -OCH3 is 1. The van der Waals surface area contributed by atoms with Crippen LogP contribution in [0.4, 0.5) is 18.9 Å². The lowest BCUT2D eigenvalue weighted by atomic mass is 10.1. The molecule has 0 aliphatic carbocycles. The number of halogens is 3. The summed E-state index contributed by atoms with van der Waals surface area (Å²) in [5.74, 6) is -0.0519. The normalized spacial score (nSPS) is 15.4. The van der Waals surface area contributed by atoms with Gasteiger partial charge in [-0.15, -0.1) is 0 Å². The Hall–Kier alpha value is -2.79. The van der Waals surface area contributed by atoms with E-state index in [1.165, 1.54) is 17.5 Å². The fourth-order valence-electron chi connectivity index (χ4n) is 3.37. The number of benzene rings is 2. The lowest BCUT2D eigenvalue weighted by molar-refractivity contribution is -0.137. The summed E-state index contributed by atoms with van der Waals surface area (Å²) >= 11 is 0. The Balaban J connectivity index is 1.50. The third kappa shape index (κ3) is 5.92. The first-order valence-electron chi connectivity index (χ1n) is 9.92. The number of sulfonamides is 1. The molecule has 0 spiro atoms. The summed E-state index contributed by atoms with van der Waals surface area (Å²) in [6.07, 6.45) is -4.43. The SMILES string of the molecule is COc1ccc(C(=O)NCCS(=O)(=O)N2CCN(c3cccc(C(F)(F)F)c3)CC2)cc1. The maximum absolute atomic E-state index is 12.9. The number of nitrogens with one attached hydrogen (secondary N) is 1. The van der Waals surface area contributed by atoms with E-state index in [9.17, 15) is 26.4 Å². The second kappa shape index (κ2) is 9.78. The molecule has 0 radical (unpaired) electrons. The maximum atomic E-state index is 12.9. The highest BCUT2D eigenvalue weighted by molar-refractivity contribution is 7.89. The summed E-state index contributed by atoms with van der Waals surface area (Å²) in [5.41, 5.74) is 0.0548. The first-order chi connectivity index (χ1) is 15.1. The quantitative estimate of drug-likeness (QED) is 0.672. The summed E-state index contributed by atoms with van der Waals surface area (Å²) in [4.78, 5) is 13.9. The molecular formula is C21H24F3N3O4S. The first-order valence-corrected chi connectivity index (χ1v) is 11.5. The molecular weight excluding hydrogens is 447 g/mol. The van der Waals surface area contributed by atoms with Gasteiger partial charge in [0, 0.05) is 44.0 Å². The molecule has 1 N–H and O–H groups in total. The van der Waals surface area contributed by atoms with Crippen molar-refractivity contribution in [1.82, 2.24) is 9.62 Å². The monoisotopic (exact) mass is 471 g/mol. The maximum Gasteiger partial charge on any atom is 0.416 e. The van der Waals surface area contributed by atoms with Gasteiger partial charge < -0.3 is 15.0 Å². The van der Waals surface area contributed by atoms with Gasteiger partial charge in [-0.2, -0.15) is 17.5 Å². The number of ether oxygens (including phenoxy) is 1. The van der Waals surface area contributed by atoms with Crippen molar-refractivity contribution in [2.24, 2.45) is 0 Å². The van der Waals surface area contributed by atoms with Gasteiger partial charge in [-0.3, -0.25) is 4.79 Å². The Morgan fingerprint density at radius 3 is 2.31 bits per heavy atom. The molecule has 0 bridgehead atoms. The molecule has 0 saturated carbocycles. The van der Waals surface area contributed by atoms with Crippen LogP contribution in [0.15, 0.2) is 48.5 Å². The fourth-order valence-corrected chi connectivity index (χ4v) is 4.71. The molecule has 2 aromatic rings. The second-order valence-electron chi connectivity index (χ2n) is 7.23. The average molecular weight is 472 g/mol. The van der Waals surface area contributed by atoms with Crippen LogP contribution in [0.25, 0.3) is 0 Å². The third-order valence-corrected chi connectivity index (χ3v) is 7.04. The van der Waals surface area contributed by atoms with E-state index in [1.807, 2.05) is 0 Å². The number of rotatable bonds is 7. The number of carbonyl (C=O) groups is 1. The van der Waals surface area contributed by atoms with Crippen molar-refractivity contribution in [2.75, 3.05) is 50.5 Å². The van der Waals surface area contributed by atoms with Crippen LogP contribution in [0, 0.1) is 0 Å². The van der Waals surface area contributed by atoms with Crippen LogP contribution in [0.2, 0.25) is 0 Å². The minimum Gasteiger partial charge on any atom is -0.497 e. The van der Waals surface area contributed by atoms with Crippen molar-refractivity contribution in [2.45, 2.75) is 6.18 Å². The fraction of sp³-hybridized carbons (Fsp3) is 0.381. The molecule has 174 valence electrons. The number of amides is 1. The predicted octanol–water partition coefficient (Wildman–Crippen LogP) is 2.60. The lowest BCUT2D eigenvalue weighted by Crippen LogP contribution is -2.50. The molecule has 1 amide bonds. The van der Waals surface area contributed by atoms with Crippen LogP contribution < -0.4 is 15.0 Å². The van der Waals surface area contributed by atoms with E-state index in [2.05, 4.69) is 5.32 Å². The third-order valence-electron chi connectivity index (χ3n) is 5.17. The zero-order valence-electron chi connectivity index (χ0n) is 17.4. The molecule has 1 aliphatic rings. The highest BCUT2D eigenvalue weighted by atomic mass is 32.2. The van der Waals surface area contributed by atoms with E-state index in [1.54, 1.807) is 35.2 Å². The zero-order chi connectivity index (χ0) is 23.4. The van der Waals surface area contributed by atoms with Crippen LogP contribution in [0.3, 0.4) is 0 Å². The number of nitrogens with zero attached hydrogens (tertiary/aromatic N) is 2. The Bertz CT molecular complexity index is 1040. The summed E-state index contributed by atoms with van der Waals surface area (Å²) in [7, 11) is -2.10. The molecule has 3 rings (SSSR count). The molecule has 11 heteroatoms. The molecule has 1 saturated heterocycles. The smallest absolute Gasteiger partial charge is 0.416 e. The number of hydrogen-bond donors (Lipinski definition) is 1. The highest BCUT2D eigenvalue weighted by Crippen LogP contribution is 2.32.